The molecule has 19 heavy (non-hydrogen) atoms. The third kappa shape index (κ3) is 3.10. The van der Waals surface area contributed by atoms with Crippen molar-refractivity contribution >= 4 is 11.6 Å². The van der Waals surface area contributed by atoms with Gasteiger partial charge in [-0.25, -0.2) is 14.4 Å². The van der Waals surface area contributed by atoms with E-state index >= 15 is 0 Å². The van der Waals surface area contributed by atoms with Crippen molar-refractivity contribution in [3.8, 4) is 11.3 Å². The zero-order valence-corrected chi connectivity index (χ0v) is 12.2. The molecular formula is C15H16ClFN2. The first-order valence-corrected chi connectivity index (χ1v) is 6.47. The van der Waals surface area contributed by atoms with Gasteiger partial charge in [0.05, 0.1) is 5.69 Å². The summed E-state index contributed by atoms with van der Waals surface area (Å²) in [4.78, 5) is 8.66. The molecule has 0 N–H and O–H groups in total. The maximum atomic E-state index is 13.9. The summed E-state index contributed by atoms with van der Waals surface area (Å²) < 4.78 is 13.9. The zero-order chi connectivity index (χ0) is 14.2. The molecule has 1 aromatic carbocycles. The first-order chi connectivity index (χ1) is 8.77. The van der Waals surface area contributed by atoms with Crippen molar-refractivity contribution < 1.29 is 4.39 Å². The van der Waals surface area contributed by atoms with Crippen LogP contribution in [0.15, 0.2) is 24.3 Å². The Hall–Kier alpha value is -1.48. The van der Waals surface area contributed by atoms with Crippen molar-refractivity contribution in [2.24, 2.45) is 0 Å². The summed E-state index contributed by atoms with van der Waals surface area (Å²) in [7, 11) is 0. The molecule has 0 spiro atoms. The second kappa shape index (κ2) is 4.89. The van der Waals surface area contributed by atoms with Crippen molar-refractivity contribution in [3.05, 3.63) is 46.6 Å². The molecule has 0 saturated carbocycles. The molecule has 0 amide bonds. The molecule has 2 rings (SSSR count). The smallest absolute Gasteiger partial charge is 0.136 e. The van der Waals surface area contributed by atoms with Crippen LogP contribution < -0.4 is 0 Å². The first kappa shape index (κ1) is 13.9. The molecule has 0 bridgehead atoms. The fraction of sp³-hybridized carbons (Fsp3) is 0.333. The Bertz CT molecular complexity index is 618. The van der Waals surface area contributed by atoms with Gasteiger partial charge in [0.25, 0.3) is 0 Å². The van der Waals surface area contributed by atoms with Gasteiger partial charge in [-0.1, -0.05) is 44.0 Å². The monoisotopic (exact) mass is 278 g/mol. The second-order valence-corrected chi connectivity index (χ2v) is 6.02. The molecule has 2 nitrogen and oxygen atoms in total. The second-order valence-electron chi connectivity index (χ2n) is 5.63. The molecule has 0 unspecified atom stereocenters. The van der Waals surface area contributed by atoms with Crippen LogP contribution in [0.25, 0.3) is 11.3 Å². The summed E-state index contributed by atoms with van der Waals surface area (Å²) in [6, 6.07) is 6.53. The van der Waals surface area contributed by atoms with E-state index in [9.17, 15) is 4.39 Å². The van der Waals surface area contributed by atoms with Crippen LogP contribution in [0.2, 0.25) is 5.15 Å². The standard InChI is InChI=1S/C15H16ClFN2/c1-9-5-6-11(17)10(7-9)12-8-13(16)19-14(18-12)15(2,3)4/h5-8H,1-4H3. The average molecular weight is 279 g/mol. The van der Waals surface area contributed by atoms with Crippen molar-refractivity contribution in [1.82, 2.24) is 9.97 Å². The van der Waals surface area contributed by atoms with E-state index in [2.05, 4.69) is 9.97 Å². The van der Waals surface area contributed by atoms with Crippen LogP contribution in [-0.4, -0.2) is 9.97 Å². The number of halogens is 2. The third-order valence-electron chi connectivity index (χ3n) is 2.76. The Morgan fingerprint density at radius 3 is 2.42 bits per heavy atom. The summed E-state index contributed by atoms with van der Waals surface area (Å²) in [5.41, 5.74) is 1.71. The van der Waals surface area contributed by atoms with Gasteiger partial charge in [-0.15, -0.1) is 0 Å². The van der Waals surface area contributed by atoms with Gasteiger partial charge in [-0.3, -0.25) is 0 Å². The van der Waals surface area contributed by atoms with Gasteiger partial charge in [-0.05, 0) is 19.1 Å². The predicted molar refractivity (Wildman–Crippen MR) is 75.9 cm³/mol. The van der Waals surface area contributed by atoms with Crippen LogP contribution >= 0.6 is 11.6 Å². The molecule has 0 radical (unpaired) electrons. The first-order valence-electron chi connectivity index (χ1n) is 6.09. The molecular weight excluding hydrogens is 263 g/mol. The van der Waals surface area contributed by atoms with Gasteiger partial charge >= 0.3 is 0 Å². The van der Waals surface area contributed by atoms with Crippen LogP contribution in [-0.2, 0) is 5.41 Å². The molecule has 0 aliphatic rings. The van der Waals surface area contributed by atoms with E-state index in [1.807, 2.05) is 27.7 Å². The molecule has 0 saturated heterocycles. The van der Waals surface area contributed by atoms with E-state index in [0.717, 1.165) is 5.56 Å². The maximum absolute atomic E-state index is 13.9. The van der Waals surface area contributed by atoms with Gasteiger partial charge < -0.3 is 0 Å². The SMILES string of the molecule is Cc1ccc(F)c(-c2cc(Cl)nc(C(C)(C)C)n2)c1. The fourth-order valence-electron chi connectivity index (χ4n) is 1.73. The number of aromatic nitrogens is 2. The van der Waals surface area contributed by atoms with Gasteiger partial charge in [0.2, 0.25) is 0 Å². The average Bonchev–Trinajstić information content (AvgIpc) is 2.30. The summed E-state index contributed by atoms with van der Waals surface area (Å²) >= 11 is 6.02. The third-order valence-corrected chi connectivity index (χ3v) is 2.96. The summed E-state index contributed by atoms with van der Waals surface area (Å²) in [5, 5.41) is 0.329. The Balaban J connectivity index is 2.63. The highest BCUT2D eigenvalue weighted by Crippen LogP contribution is 2.27. The Labute approximate surface area is 117 Å². The minimum absolute atomic E-state index is 0.236. The van der Waals surface area contributed by atoms with Crippen molar-refractivity contribution in [1.29, 1.82) is 0 Å². The summed E-state index contributed by atoms with van der Waals surface area (Å²) in [5.74, 6) is 0.302. The predicted octanol–water partition coefficient (Wildman–Crippen LogP) is 4.54. The van der Waals surface area contributed by atoms with Crippen LogP contribution in [0.4, 0.5) is 4.39 Å². The number of benzene rings is 1. The highest BCUT2D eigenvalue weighted by Gasteiger charge is 2.20. The quantitative estimate of drug-likeness (QED) is 0.716. The van der Waals surface area contributed by atoms with Gasteiger partial charge in [0.1, 0.15) is 16.8 Å². The molecule has 0 aliphatic carbocycles. The van der Waals surface area contributed by atoms with Crippen LogP contribution in [0.5, 0.6) is 0 Å². The maximum Gasteiger partial charge on any atom is 0.136 e. The van der Waals surface area contributed by atoms with Gasteiger partial charge in [-0.2, -0.15) is 0 Å². The lowest BCUT2D eigenvalue weighted by Gasteiger charge is -2.17. The zero-order valence-electron chi connectivity index (χ0n) is 11.5. The lowest BCUT2D eigenvalue weighted by molar-refractivity contribution is 0.545. The molecule has 2 aromatic rings. The molecule has 0 aliphatic heterocycles. The minimum atomic E-state index is -0.305. The number of rotatable bonds is 1. The van der Waals surface area contributed by atoms with Crippen molar-refractivity contribution in [2.45, 2.75) is 33.1 Å². The molecule has 1 heterocycles. The lowest BCUT2D eigenvalue weighted by atomic mass is 9.95. The highest BCUT2D eigenvalue weighted by molar-refractivity contribution is 6.29. The minimum Gasteiger partial charge on any atom is -0.232 e. The van der Waals surface area contributed by atoms with Crippen molar-refractivity contribution in [3.63, 3.8) is 0 Å². The van der Waals surface area contributed by atoms with Gasteiger partial charge in [0.15, 0.2) is 0 Å². The molecule has 100 valence electrons. The molecule has 1 aromatic heterocycles. The Morgan fingerprint density at radius 2 is 1.79 bits per heavy atom. The van der Waals surface area contributed by atoms with Gasteiger partial charge in [0, 0.05) is 17.0 Å². The van der Waals surface area contributed by atoms with E-state index < -0.39 is 0 Å². The summed E-state index contributed by atoms with van der Waals surface area (Å²) in [6.45, 7) is 7.90. The molecule has 0 atom stereocenters. The Kier molecular flexibility index (Phi) is 3.59. The molecule has 0 fully saturated rings. The highest BCUT2D eigenvalue weighted by atomic mass is 35.5. The van der Waals surface area contributed by atoms with Crippen LogP contribution in [0.3, 0.4) is 0 Å². The van der Waals surface area contributed by atoms with E-state index in [1.165, 1.54) is 6.07 Å². The topological polar surface area (TPSA) is 25.8 Å². The molecule has 4 heteroatoms. The number of nitrogens with zero attached hydrogens (tertiary/aromatic N) is 2. The van der Waals surface area contributed by atoms with E-state index in [4.69, 9.17) is 11.6 Å². The van der Waals surface area contributed by atoms with E-state index in [0.29, 0.717) is 22.2 Å². The number of hydrogen-bond acceptors (Lipinski definition) is 2. The Morgan fingerprint density at radius 1 is 1.11 bits per heavy atom. The lowest BCUT2D eigenvalue weighted by Crippen LogP contribution is -2.16. The van der Waals surface area contributed by atoms with E-state index in [1.54, 1.807) is 18.2 Å². The number of hydrogen-bond donors (Lipinski definition) is 0. The van der Waals surface area contributed by atoms with Crippen LogP contribution in [0.1, 0.15) is 32.2 Å². The normalized spacial score (nSPS) is 11.7. The van der Waals surface area contributed by atoms with Crippen LogP contribution in [0, 0.1) is 12.7 Å². The summed E-state index contributed by atoms with van der Waals surface area (Å²) in [6.07, 6.45) is 0. The largest absolute Gasteiger partial charge is 0.232 e. The fourth-order valence-corrected chi connectivity index (χ4v) is 1.91. The number of aryl methyl sites for hydroxylation is 1. The van der Waals surface area contributed by atoms with E-state index in [-0.39, 0.29) is 11.2 Å². The van der Waals surface area contributed by atoms with Crippen molar-refractivity contribution in [2.75, 3.05) is 0 Å².